The van der Waals surface area contributed by atoms with Gasteiger partial charge in [0.1, 0.15) is 12.4 Å². The maximum absolute atomic E-state index is 12.3. The van der Waals surface area contributed by atoms with Crippen molar-refractivity contribution < 1.29 is 9.53 Å². The minimum absolute atomic E-state index is 0.0931. The Balaban J connectivity index is 1.51. The van der Waals surface area contributed by atoms with Crippen LogP contribution in [-0.4, -0.2) is 50.7 Å². The summed E-state index contributed by atoms with van der Waals surface area (Å²) in [4.78, 5) is 14.2. The van der Waals surface area contributed by atoms with Crippen LogP contribution in [-0.2, 0) is 16.1 Å². The average Bonchev–Trinajstić information content (AvgIpc) is 3.09. The van der Waals surface area contributed by atoms with Crippen molar-refractivity contribution in [2.45, 2.75) is 25.5 Å². The fourth-order valence-corrected chi connectivity index (χ4v) is 2.71. The number of nitrogens with zero attached hydrogens (tertiary/aromatic N) is 5. The number of tetrazole rings is 1. The number of morpholine rings is 1. The van der Waals surface area contributed by atoms with Crippen LogP contribution in [0.15, 0.2) is 30.6 Å². The largest absolute Gasteiger partial charge is 0.370 e. The predicted octanol–water partition coefficient (Wildman–Crippen LogP) is 1.71. The molecule has 1 aliphatic heterocycles. The highest BCUT2D eigenvalue weighted by Gasteiger charge is 2.25. The standard InChI is InChI=1S/C15H18ClN5O2/c16-13-5-3-12(4-6-13)14-10-20(8-9-23-14)15(22)2-1-7-21-11-17-18-19-21/h3-6,11,14H,1-2,7-10H2/t14-/m1/s1. The second-order valence-corrected chi connectivity index (χ2v) is 5.86. The molecule has 0 bridgehead atoms. The fourth-order valence-electron chi connectivity index (χ4n) is 2.59. The molecular weight excluding hydrogens is 318 g/mol. The summed E-state index contributed by atoms with van der Waals surface area (Å²) in [5.74, 6) is 0.139. The third kappa shape index (κ3) is 4.27. The highest BCUT2D eigenvalue weighted by Crippen LogP contribution is 2.24. The first kappa shape index (κ1) is 15.9. The van der Waals surface area contributed by atoms with E-state index in [0.29, 0.717) is 44.1 Å². The third-order valence-corrected chi connectivity index (χ3v) is 4.08. The van der Waals surface area contributed by atoms with Crippen LogP contribution in [0.25, 0.3) is 0 Å². The first-order valence-electron chi connectivity index (χ1n) is 7.58. The molecule has 0 spiro atoms. The molecular formula is C15H18ClN5O2. The monoisotopic (exact) mass is 335 g/mol. The Morgan fingerprint density at radius 3 is 2.91 bits per heavy atom. The van der Waals surface area contributed by atoms with Crippen LogP contribution in [0.3, 0.4) is 0 Å². The van der Waals surface area contributed by atoms with Crippen LogP contribution >= 0.6 is 11.6 Å². The zero-order valence-corrected chi connectivity index (χ0v) is 13.4. The Bertz CT molecular complexity index is 632. The lowest BCUT2D eigenvalue weighted by Crippen LogP contribution is -2.42. The summed E-state index contributed by atoms with van der Waals surface area (Å²) in [6.07, 6.45) is 2.65. The van der Waals surface area contributed by atoms with Gasteiger partial charge >= 0.3 is 0 Å². The van der Waals surface area contributed by atoms with Crippen molar-refractivity contribution in [3.8, 4) is 0 Å². The number of benzene rings is 1. The minimum Gasteiger partial charge on any atom is -0.370 e. The molecule has 1 atom stereocenters. The molecule has 1 amide bonds. The third-order valence-electron chi connectivity index (χ3n) is 3.83. The summed E-state index contributed by atoms with van der Waals surface area (Å²) in [5, 5.41) is 11.6. The molecule has 0 unspecified atom stereocenters. The topological polar surface area (TPSA) is 73.1 Å². The average molecular weight is 336 g/mol. The Labute approximate surface area is 139 Å². The molecule has 23 heavy (non-hydrogen) atoms. The van der Waals surface area contributed by atoms with Crippen molar-refractivity contribution in [1.29, 1.82) is 0 Å². The minimum atomic E-state index is -0.0931. The van der Waals surface area contributed by atoms with Gasteiger partial charge in [-0.2, -0.15) is 0 Å². The maximum atomic E-state index is 12.3. The van der Waals surface area contributed by atoms with E-state index in [4.69, 9.17) is 16.3 Å². The number of carbonyl (C=O) groups is 1. The van der Waals surface area contributed by atoms with Crippen LogP contribution < -0.4 is 0 Å². The van der Waals surface area contributed by atoms with Crippen molar-refractivity contribution in [2.75, 3.05) is 19.7 Å². The van der Waals surface area contributed by atoms with E-state index in [1.165, 1.54) is 0 Å². The van der Waals surface area contributed by atoms with Crippen LogP contribution in [0.1, 0.15) is 24.5 Å². The van der Waals surface area contributed by atoms with Crippen LogP contribution in [0.5, 0.6) is 0 Å². The first-order chi connectivity index (χ1) is 11.2. The number of halogens is 1. The number of aryl methyl sites for hydroxylation is 1. The zero-order valence-electron chi connectivity index (χ0n) is 12.6. The zero-order chi connectivity index (χ0) is 16.1. The quantitative estimate of drug-likeness (QED) is 0.831. The summed E-state index contributed by atoms with van der Waals surface area (Å²) >= 11 is 5.91. The van der Waals surface area contributed by atoms with E-state index in [9.17, 15) is 4.79 Å². The van der Waals surface area contributed by atoms with E-state index >= 15 is 0 Å². The molecule has 0 N–H and O–H groups in total. The Morgan fingerprint density at radius 1 is 1.35 bits per heavy atom. The van der Waals surface area contributed by atoms with Gasteiger partial charge in [0.25, 0.3) is 0 Å². The summed E-state index contributed by atoms with van der Waals surface area (Å²) in [5.41, 5.74) is 1.04. The highest BCUT2D eigenvalue weighted by molar-refractivity contribution is 6.30. The number of hydrogen-bond donors (Lipinski definition) is 0. The molecule has 0 radical (unpaired) electrons. The molecule has 2 heterocycles. The molecule has 122 valence electrons. The molecule has 2 aromatic rings. The molecule has 7 nitrogen and oxygen atoms in total. The lowest BCUT2D eigenvalue weighted by molar-refractivity contribution is -0.139. The fraction of sp³-hybridized carbons (Fsp3) is 0.467. The van der Waals surface area contributed by atoms with Gasteiger partial charge in [-0.25, -0.2) is 4.68 Å². The van der Waals surface area contributed by atoms with Crippen LogP contribution in [0.4, 0.5) is 0 Å². The normalized spacial score (nSPS) is 18.1. The molecule has 1 aromatic heterocycles. The Morgan fingerprint density at radius 2 is 2.17 bits per heavy atom. The number of aromatic nitrogens is 4. The second-order valence-electron chi connectivity index (χ2n) is 5.43. The SMILES string of the molecule is O=C(CCCn1cnnn1)N1CCO[C@@H](c2ccc(Cl)cc2)C1. The lowest BCUT2D eigenvalue weighted by atomic mass is 10.1. The molecule has 1 saturated heterocycles. The first-order valence-corrected chi connectivity index (χ1v) is 7.96. The number of hydrogen-bond acceptors (Lipinski definition) is 5. The van der Waals surface area contributed by atoms with E-state index in [-0.39, 0.29) is 12.0 Å². The number of carbonyl (C=O) groups excluding carboxylic acids is 1. The van der Waals surface area contributed by atoms with Crippen LogP contribution in [0.2, 0.25) is 5.02 Å². The second kappa shape index (κ2) is 7.52. The summed E-state index contributed by atoms with van der Waals surface area (Å²) < 4.78 is 7.41. The summed E-state index contributed by atoms with van der Waals surface area (Å²) in [6.45, 7) is 2.40. The van der Waals surface area contributed by atoms with Gasteiger partial charge in [-0.05, 0) is 34.5 Å². The smallest absolute Gasteiger partial charge is 0.222 e. The van der Waals surface area contributed by atoms with Gasteiger partial charge in [-0.3, -0.25) is 4.79 Å². The van der Waals surface area contributed by atoms with Crippen molar-refractivity contribution in [2.24, 2.45) is 0 Å². The van der Waals surface area contributed by atoms with Gasteiger partial charge in [-0.15, -0.1) is 5.10 Å². The van der Waals surface area contributed by atoms with Gasteiger partial charge in [0.15, 0.2) is 0 Å². The van der Waals surface area contributed by atoms with Crippen LogP contribution in [0, 0.1) is 0 Å². The molecule has 1 aromatic carbocycles. The van der Waals surface area contributed by atoms with Gasteiger partial charge in [0.05, 0.1) is 13.2 Å². The van der Waals surface area contributed by atoms with E-state index in [1.54, 1.807) is 11.0 Å². The molecule has 0 aliphatic carbocycles. The van der Waals surface area contributed by atoms with Gasteiger partial charge in [-0.1, -0.05) is 23.7 Å². The number of amides is 1. The Hall–Kier alpha value is -1.99. The van der Waals surface area contributed by atoms with E-state index in [0.717, 1.165) is 5.56 Å². The van der Waals surface area contributed by atoms with Crippen molar-refractivity contribution in [3.05, 3.63) is 41.2 Å². The predicted molar refractivity (Wildman–Crippen MR) is 83.8 cm³/mol. The van der Waals surface area contributed by atoms with E-state index < -0.39 is 0 Å². The molecule has 1 aliphatic rings. The molecule has 8 heteroatoms. The highest BCUT2D eigenvalue weighted by atomic mass is 35.5. The number of rotatable bonds is 5. The lowest BCUT2D eigenvalue weighted by Gasteiger charge is -2.33. The van der Waals surface area contributed by atoms with Gasteiger partial charge in [0.2, 0.25) is 5.91 Å². The molecule has 3 rings (SSSR count). The van der Waals surface area contributed by atoms with Crippen molar-refractivity contribution >= 4 is 17.5 Å². The van der Waals surface area contributed by atoms with E-state index in [1.807, 2.05) is 29.2 Å². The Kier molecular flexibility index (Phi) is 5.19. The van der Waals surface area contributed by atoms with Gasteiger partial charge < -0.3 is 9.64 Å². The van der Waals surface area contributed by atoms with E-state index in [2.05, 4.69) is 15.5 Å². The number of ether oxygens (including phenoxy) is 1. The summed E-state index contributed by atoms with van der Waals surface area (Å²) in [6, 6.07) is 7.57. The maximum Gasteiger partial charge on any atom is 0.222 e. The van der Waals surface area contributed by atoms with Gasteiger partial charge in [0, 0.05) is 24.5 Å². The molecule has 0 saturated carbocycles. The van der Waals surface area contributed by atoms with Crippen molar-refractivity contribution in [1.82, 2.24) is 25.1 Å². The summed E-state index contributed by atoms with van der Waals surface area (Å²) in [7, 11) is 0. The molecule has 1 fully saturated rings. The van der Waals surface area contributed by atoms with Crippen molar-refractivity contribution in [3.63, 3.8) is 0 Å².